The Hall–Kier alpha value is -0.0400. The molecule has 90 valence electrons. The van der Waals surface area contributed by atoms with E-state index in [1.165, 1.54) is 44.9 Å². The second-order valence-corrected chi connectivity index (χ2v) is 5.75. The van der Waals surface area contributed by atoms with E-state index in [2.05, 4.69) is 20.8 Å². The van der Waals surface area contributed by atoms with Crippen LogP contribution < -0.4 is 5.73 Å². The third-order valence-electron chi connectivity index (χ3n) is 4.33. The van der Waals surface area contributed by atoms with E-state index < -0.39 is 0 Å². The van der Waals surface area contributed by atoms with Crippen molar-refractivity contribution in [1.29, 1.82) is 0 Å². The van der Waals surface area contributed by atoms with Crippen LogP contribution >= 0.6 is 0 Å². The smallest absolute Gasteiger partial charge is 0.00204 e. The zero-order chi connectivity index (χ0) is 11.3. The third-order valence-corrected chi connectivity index (χ3v) is 4.33. The summed E-state index contributed by atoms with van der Waals surface area (Å²) >= 11 is 0. The Labute approximate surface area is 95.8 Å². The molecule has 0 radical (unpaired) electrons. The van der Waals surface area contributed by atoms with Crippen LogP contribution in [0.1, 0.15) is 65.7 Å². The van der Waals surface area contributed by atoms with Gasteiger partial charge in [-0.1, -0.05) is 46.5 Å². The molecule has 2 atom stereocenters. The minimum atomic E-state index is 0.453. The number of hydrogen-bond donors (Lipinski definition) is 1. The Morgan fingerprint density at radius 3 is 2.40 bits per heavy atom. The monoisotopic (exact) mass is 211 g/mol. The Bertz CT molecular complexity index is 174. The molecule has 1 nitrogen and oxygen atoms in total. The van der Waals surface area contributed by atoms with E-state index in [0.29, 0.717) is 5.41 Å². The summed E-state index contributed by atoms with van der Waals surface area (Å²) in [6, 6.07) is 0. The predicted molar refractivity (Wildman–Crippen MR) is 67.8 cm³/mol. The molecule has 0 heterocycles. The third kappa shape index (κ3) is 3.79. The lowest BCUT2D eigenvalue weighted by Gasteiger charge is -2.32. The molecule has 0 aliphatic heterocycles. The summed E-state index contributed by atoms with van der Waals surface area (Å²) in [5, 5.41) is 0. The van der Waals surface area contributed by atoms with Crippen molar-refractivity contribution in [2.75, 3.05) is 6.54 Å². The van der Waals surface area contributed by atoms with Gasteiger partial charge in [0.2, 0.25) is 0 Å². The highest BCUT2D eigenvalue weighted by Crippen LogP contribution is 2.49. The second kappa shape index (κ2) is 5.89. The van der Waals surface area contributed by atoms with Crippen LogP contribution in [0.15, 0.2) is 0 Å². The average Bonchev–Trinajstić information content (AvgIpc) is 3.07. The Kier molecular flexibility index (Phi) is 5.11. The summed E-state index contributed by atoms with van der Waals surface area (Å²) in [6.07, 6.45) is 9.70. The summed E-state index contributed by atoms with van der Waals surface area (Å²) < 4.78 is 0. The van der Waals surface area contributed by atoms with Crippen LogP contribution in [-0.2, 0) is 0 Å². The van der Waals surface area contributed by atoms with E-state index in [9.17, 15) is 0 Å². The van der Waals surface area contributed by atoms with E-state index in [0.717, 1.165) is 18.4 Å². The number of hydrogen-bond acceptors (Lipinski definition) is 1. The highest BCUT2D eigenvalue weighted by Gasteiger charge is 2.41. The fourth-order valence-electron chi connectivity index (χ4n) is 2.80. The molecule has 1 aliphatic carbocycles. The fraction of sp³-hybridized carbons (Fsp3) is 1.00. The Morgan fingerprint density at radius 2 is 2.00 bits per heavy atom. The van der Waals surface area contributed by atoms with Crippen molar-refractivity contribution in [3.05, 3.63) is 0 Å². The molecule has 15 heavy (non-hydrogen) atoms. The molecule has 2 N–H and O–H groups in total. The first-order valence-electron chi connectivity index (χ1n) is 6.86. The van der Waals surface area contributed by atoms with E-state index in [1.807, 2.05) is 0 Å². The van der Waals surface area contributed by atoms with Crippen molar-refractivity contribution in [3.63, 3.8) is 0 Å². The molecule has 0 aromatic rings. The van der Waals surface area contributed by atoms with Gasteiger partial charge in [-0.15, -0.1) is 0 Å². The summed E-state index contributed by atoms with van der Waals surface area (Å²) in [6.45, 7) is 7.93. The van der Waals surface area contributed by atoms with Crippen LogP contribution in [0.3, 0.4) is 0 Å². The molecule has 1 aliphatic rings. The highest BCUT2D eigenvalue weighted by molar-refractivity contribution is 4.92. The summed E-state index contributed by atoms with van der Waals surface area (Å²) in [5.41, 5.74) is 6.43. The van der Waals surface area contributed by atoms with Crippen molar-refractivity contribution in [3.8, 4) is 0 Å². The molecule has 0 aromatic carbocycles. The summed E-state index contributed by atoms with van der Waals surface area (Å²) in [7, 11) is 0. The molecule has 0 spiro atoms. The SMILES string of the molecule is CCCCC(CC)CC(C)(CN)C1CC1. The van der Waals surface area contributed by atoms with Crippen LogP contribution in [0, 0.1) is 17.3 Å². The largest absolute Gasteiger partial charge is 0.330 e. The molecule has 2 unspecified atom stereocenters. The lowest BCUT2D eigenvalue weighted by molar-refractivity contribution is 0.199. The van der Waals surface area contributed by atoms with Crippen molar-refractivity contribution in [1.82, 2.24) is 0 Å². The molecule has 0 aromatic heterocycles. The van der Waals surface area contributed by atoms with Crippen LogP contribution in [0.5, 0.6) is 0 Å². The Morgan fingerprint density at radius 1 is 1.33 bits per heavy atom. The van der Waals surface area contributed by atoms with Gasteiger partial charge in [0.25, 0.3) is 0 Å². The van der Waals surface area contributed by atoms with Gasteiger partial charge in [-0.25, -0.2) is 0 Å². The van der Waals surface area contributed by atoms with Gasteiger partial charge >= 0.3 is 0 Å². The highest BCUT2D eigenvalue weighted by atomic mass is 14.6. The molecular formula is C14H29N. The maximum Gasteiger partial charge on any atom is -0.00204 e. The van der Waals surface area contributed by atoms with Gasteiger partial charge in [0.1, 0.15) is 0 Å². The second-order valence-electron chi connectivity index (χ2n) is 5.75. The van der Waals surface area contributed by atoms with Crippen molar-refractivity contribution in [2.24, 2.45) is 23.0 Å². The van der Waals surface area contributed by atoms with Crippen LogP contribution in [-0.4, -0.2) is 6.54 Å². The van der Waals surface area contributed by atoms with Crippen molar-refractivity contribution >= 4 is 0 Å². The van der Waals surface area contributed by atoms with E-state index in [1.54, 1.807) is 0 Å². The quantitative estimate of drug-likeness (QED) is 0.646. The zero-order valence-electron chi connectivity index (χ0n) is 10.9. The molecule has 1 saturated carbocycles. The zero-order valence-corrected chi connectivity index (χ0v) is 10.9. The molecule has 0 bridgehead atoms. The number of rotatable bonds is 8. The van der Waals surface area contributed by atoms with Gasteiger partial charge in [0.15, 0.2) is 0 Å². The first kappa shape index (κ1) is 13.0. The van der Waals surface area contributed by atoms with Crippen LogP contribution in [0.25, 0.3) is 0 Å². The van der Waals surface area contributed by atoms with Gasteiger partial charge in [0.05, 0.1) is 0 Å². The molecule has 1 heteroatoms. The molecule has 1 rings (SSSR count). The minimum absolute atomic E-state index is 0.453. The maximum atomic E-state index is 5.98. The summed E-state index contributed by atoms with van der Waals surface area (Å²) in [5.74, 6) is 1.86. The summed E-state index contributed by atoms with van der Waals surface area (Å²) in [4.78, 5) is 0. The number of unbranched alkanes of at least 4 members (excludes halogenated alkanes) is 1. The first-order valence-corrected chi connectivity index (χ1v) is 6.86. The Balaban J connectivity index is 2.40. The van der Waals surface area contributed by atoms with Gasteiger partial charge in [-0.2, -0.15) is 0 Å². The predicted octanol–water partition coefficient (Wildman–Crippen LogP) is 3.97. The normalized spacial score (nSPS) is 22.4. The van der Waals surface area contributed by atoms with Gasteiger partial charge in [-0.05, 0) is 43.1 Å². The van der Waals surface area contributed by atoms with Crippen molar-refractivity contribution in [2.45, 2.75) is 65.7 Å². The molecule has 1 fully saturated rings. The van der Waals surface area contributed by atoms with Crippen LogP contribution in [0.4, 0.5) is 0 Å². The topological polar surface area (TPSA) is 26.0 Å². The molecule has 0 amide bonds. The van der Waals surface area contributed by atoms with Crippen molar-refractivity contribution < 1.29 is 0 Å². The lowest BCUT2D eigenvalue weighted by Crippen LogP contribution is -2.31. The fourth-order valence-corrected chi connectivity index (χ4v) is 2.80. The molecular weight excluding hydrogens is 182 g/mol. The van der Waals surface area contributed by atoms with Gasteiger partial charge in [0, 0.05) is 0 Å². The average molecular weight is 211 g/mol. The van der Waals surface area contributed by atoms with Gasteiger partial charge < -0.3 is 5.73 Å². The van der Waals surface area contributed by atoms with E-state index in [4.69, 9.17) is 5.73 Å². The standard InChI is InChI=1S/C14H29N/c1-4-6-7-12(5-2)10-14(3,11-15)13-8-9-13/h12-13H,4-11,15H2,1-3H3. The van der Waals surface area contributed by atoms with Crippen LogP contribution in [0.2, 0.25) is 0 Å². The minimum Gasteiger partial charge on any atom is -0.330 e. The van der Waals surface area contributed by atoms with E-state index >= 15 is 0 Å². The molecule has 0 saturated heterocycles. The maximum absolute atomic E-state index is 5.98. The first-order chi connectivity index (χ1) is 7.16. The lowest BCUT2D eigenvalue weighted by atomic mass is 9.75. The van der Waals surface area contributed by atoms with E-state index in [-0.39, 0.29) is 0 Å². The number of nitrogens with two attached hydrogens (primary N) is 1. The van der Waals surface area contributed by atoms with Gasteiger partial charge in [-0.3, -0.25) is 0 Å².